The second kappa shape index (κ2) is 4.99. The number of benzene rings is 2. The van der Waals surface area contributed by atoms with E-state index in [4.69, 9.17) is 4.42 Å². The SMILES string of the molecule is Cc1cc2c(o1)C(=O)[C@@H](c1ccccc1)[C@H]2c1ccccc1. The molecule has 0 saturated heterocycles. The van der Waals surface area contributed by atoms with E-state index in [9.17, 15) is 4.79 Å². The van der Waals surface area contributed by atoms with Crippen molar-refractivity contribution in [1.82, 2.24) is 0 Å². The molecule has 2 aromatic carbocycles. The summed E-state index contributed by atoms with van der Waals surface area (Å²) in [7, 11) is 0. The third kappa shape index (κ3) is 1.92. The van der Waals surface area contributed by atoms with Crippen molar-refractivity contribution in [2.24, 2.45) is 0 Å². The molecule has 0 unspecified atom stereocenters. The number of furan rings is 1. The van der Waals surface area contributed by atoms with Gasteiger partial charge in [-0.2, -0.15) is 0 Å². The van der Waals surface area contributed by atoms with Gasteiger partial charge in [-0.25, -0.2) is 0 Å². The topological polar surface area (TPSA) is 30.2 Å². The van der Waals surface area contributed by atoms with Gasteiger partial charge in [-0.05, 0) is 24.1 Å². The van der Waals surface area contributed by atoms with E-state index in [1.54, 1.807) is 0 Å². The van der Waals surface area contributed by atoms with Gasteiger partial charge in [0.25, 0.3) is 0 Å². The Labute approximate surface area is 129 Å². The van der Waals surface area contributed by atoms with Crippen molar-refractivity contribution >= 4 is 5.78 Å². The van der Waals surface area contributed by atoms with E-state index >= 15 is 0 Å². The van der Waals surface area contributed by atoms with Crippen LogP contribution in [0.2, 0.25) is 0 Å². The molecule has 2 atom stereocenters. The average molecular weight is 288 g/mol. The predicted molar refractivity (Wildman–Crippen MR) is 85.2 cm³/mol. The van der Waals surface area contributed by atoms with Gasteiger partial charge in [0.05, 0.1) is 5.92 Å². The lowest BCUT2D eigenvalue weighted by atomic mass is 9.81. The fourth-order valence-corrected chi connectivity index (χ4v) is 3.47. The highest BCUT2D eigenvalue weighted by Gasteiger charge is 2.44. The maximum absolute atomic E-state index is 12.9. The summed E-state index contributed by atoms with van der Waals surface area (Å²) < 4.78 is 5.69. The first-order valence-corrected chi connectivity index (χ1v) is 7.50. The summed E-state index contributed by atoms with van der Waals surface area (Å²) in [6.45, 7) is 1.89. The van der Waals surface area contributed by atoms with Crippen molar-refractivity contribution in [3.8, 4) is 0 Å². The van der Waals surface area contributed by atoms with Crippen LogP contribution in [0.4, 0.5) is 0 Å². The monoisotopic (exact) mass is 288 g/mol. The minimum absolute atomic E-state index is 0.0311. The largest absolute Gasteiger partial charge is 0.458 e. The highest BCUT2D eigenvalue weighted by molar-refractivity contribution is 6.04. The minimum atomic E-state index is -0.196. The normalized spacial score (nSPS) is 20.1. The number of hydrogen-bond acceptors (Lipinski definition) is 2. The molecule has 2 heteroatoms. The van der Waals surface area contributed by atoms with Gasteiger partial charge in [0.15, 0.2) is 5.76 Å². The number of carbonyl (C=O) groups is 1. The molecule has 1 aliphatic carbocycles. The Morgan fingerprint density at radius 3 is 1.95 bits per heavy atom. The van der Waals surface area contributed by atoms with Gasteiger partial charge >= 0.3 is 0 Å². The van der Waals surface area contributed by atoms with Crippen LogP contribution >= 0.6 is 0 Å². The molecule has 4 rings (SSSR count). The summed E-state index contributed by atoms with van der Waals surface area (Å²) in [5.41, 5.74) is 3.22. The molecular formula is C20H16O2. The summed E-state index contributed by atoms with van der Waals surface area (Å²) >= 11 is 0. The number of Topliss-reactive ketones (excluding diaryl/α,β-unsaturated/α-hetero) is 1. The lowest BCUT2D eigenvalue weighted by Crippen LogP contribution is -2.13. The van der Waals surface area contributed by atoms with Crippen LogP contribution in [0.15, 0.2) is 71.1 Å². The molecule has 0 amide bonds. The molecule has 2 nitrogen and oxygen atoms in total. The van der Waals surface area contributed by atoms with Gasteiger partial charge in [0, 0.05) is 11.5 Å². The molecule has 0 spiro atoms. The lowest BCUT2D eigenvalue weighted by molar-refractivity contribution is 0.0942. The van der Waals surface area contributed by atoms with Crippen LogP contribution in [0.3, 0.4) is 0 Å². The smallest absolute Gasteiger partial charge is 0.206 e. The predicted octanol–water partition coefficient (Wildman–Crippen LogP) is 4.70. The number of ketones is 1. The van der Waals surface area contributed by atoms with Crippen molar-refractivity contribution in [3.05, 3.63) is 94.9 Å². The molecule has 3 aromatic rings. The van der Waals surface area contributed by atoms with Gasteiger partial charge in [-0.3, -0.25) is 4.79 Å². The number of fused-ring (bicyclic) bond motifs is 1. The number of rotatable bonds is 2. The fourth-order valence-electron chi connectivity index (χ4n) is 3.47. The Kier molecular flexibility index (Phi) is 2.97. The molecule has 0 N–H and O–H groups in total. The number of aryl methyl sites for hydroxylation is 1. The van der Waals surface area contributed by atoms with Crippen molar-refractivity contribution in [2.45, 2.75) is 18.8 Å². The molecule has 0 saturated carbocycles. The van der Waals surface area contributed by atoms with Crippen LogP contribution in [-0.2, 0) is 0 Å². The summed E-state index contributed by atoms with van der Waals surface area (Å²) in [6.07, 6.45) is 0. The molecule has 0 aliphatic heterocycles. The molecule has 0 radical (unpaired) electrons. The molecule has 0 bridgehead atoms. The van der Waals surface area contributed by atoms with Gasteiger partial charge in [-0.15, -0.1) is 0 Å². The van der Waals surface area contributed by atoms with Gasteiger partial charge in [0.2, 0.25) is 5.78 Å². The average Bonchev–Trinajstić information content (AvgIpc) is 3.05. The maximum atomic E-state index is 12.9. The van der Waals surface area contributed by atoms with E-state index in [2.05, 4.69) is 12.1 Å². The second-order valence-corrected chi connectivity index (χ2v) is 5.78. The highest BCUT2D eigenvalue weighted by Crippen LogP contribution is 2.48. The van der Waals surface area contributed by atoms with Gasteiger partial charge in [0.1, 0.15) is 5.76 Å². The lowest BCUT2D eigenvalue weighted by Gasteiger charge is -2.19. The van der Waals surface area contributed by atoms with Crippen LogP contribution in [0, 0.1) is 6.92 Å². The summed E-state index contributed by atoms with van der Waals surface area (Å²) in [4.78, 5) is 12.9. The molecule has 1 aromatic heterocycles. The first kappa shape index (κ1) is 13.1. The third-order valence-corrected chi connectivity index (χ3v) is 4.38. The molecule has 0 fully saturated rings. The molecule has 22 heavy (non-hydrogen) atoms. The van der Waals surface area contributed by atoms with Gasteiger partial charge < -0.3 is 4.42 Å². The van der Waals surface area contributed by atoms with Crippen molar-refractivity contribution < 1.29 is 9.21 Å². The van der Waals surface area contributed by atoms with Crippen LogP contribution in [0.5, 0.6) is 0 Å². The van der Waals surface area contributed by atoms with Crippen molar-refractivity contribution in [3.63, 3.8) is 0 Å². The molecular weight excluding hydrogens is 272 g/mol. The van der Waals surface area contributed by atoms with E-state index in [0.717, 1.165) is 22.5 Å². The Bertz CT molecular complexity index is 815. The highest BCUT2D eigenvalue weighted by atomic mass is 16.3. The van der Waals surface area contributed by atoms with E-state index in [1.807, 2.05) is 61.5 Å². The van der Waals surface area contributed by atoms with E-state index in [-0.39, 0.29) is 17.6 Å². The minimum Gasteiger partial charge on any atom is -0.458 e. The third-order valence-electron chi connectivity index (χ3n) is 4.38. The standard InChI is InChI=1S/C20H16O2/c1-13-12-16-17(14-8-4-2-5-9-14)18(19(21)20(16)22-13)15-10-6-3-7-11-15/h2-12,17-18H,1H3/t17-,18-/m0/s1. The zero-order chi connectivity index (χ0) is 15.1. The van der Waals surface area contributed by atoms with E-state index in [0.29, 0.717) is 5.76 Å². The Morgan fingerprint density at radius 1 is 0.818 bits per heavy atom. The Hall–Kier alpha value is -2.61. The van der Waals surface area contributed by atoms with Crippen molar-refractivity contribution in [1.29, 1.82) is 0 Å². The molecule has 1 aliphatic rings. The van der Waals surface area contributed by atoms with Crippen LogP contribution in [-0.4, -0.2) is 5.78 Å². The summed E-state index contributed by atoms with van der Waals surface area (Å²) in [6, 6.07) is 22.2. The maximum Gasteiger partial charge on any atom is 0.206 e. The number of hydrogen-bond donors (Lipinski definition) is 0. The zero-order valence-corrected chi connectivity index (χ0v) is 12.3. The zero-order valence-electron chi connectivity index (χ0n) is 12.3. The second-order valence-electron chi connectivity index (χ2n) is 5.78. The quantitative estimate of drug-likeness (QED) is 0.684. The fraction of sp³-hybridized carbons (Fsp3) is 0.150. The van der Waals surface area contributed by atoms with E-state index in [1.165, 1.54) is 0 Å². The van der Waals surface area contributed by atoms with Crippen LogP contribution in [0.25, 0.3) is 0 Å². The van der Waals surface area contributed by atoms with Crippen LogP contribution in [0.1, 0.15) is 44.8 Å². The first-order chi connectivity index (χ1) is 10.8. The first-order valence-electron chi connectivity index (χ1n) is 7.50. The van der Waals surface area contributed by atoms with Gasteiger partial charge in [-0.1, -0.05) is 60.7 Å². The molecule has 1 heterocycles. The Morgan fingerprint density at radius 2 is 1.36 bits per heavy atom. The summed E-state index contributed by atoms with van der Waals surface area (Å²) in [5, 5.41) is 0. The van der Waals surface area contributed by atoms with Crippen LogP contribution < -0.4 is 0 Å². The van der Waals surface area contributed by atoms with E-state index < -0.39 is 0 Å². The molecule has 108 valence electrons. The number of carbonyl (C=O) groups excluding carboxylic acids is 1. The summed E-state index contributed by atoms with van der Waals surface area (Å²) in [5.74, 6) is 1.25. The Balaban J connectivity index is 1.91. The van der Waals surface area contributed by atoms with Crippen molar-refractivity contribution in [2.75, 3.05) is 0 Å².